The zero-order valence-electron chi connectivity index (χ0n) is 19.4. The van der Waals surface area contributed by atoms with Gasteiger partial charge in [-0.3, -0.25) is 4.79 Å². The Hall–Kier alpha value is -4.14. The number of nitrogens with one attached hydrogen (secondary N) is 1. The number of anilines is 2. The van der Waals surface area contributed by atoms with Gasteiger partial charge in [-0.25, -0.2) is 15.0 Å². The van der Waals surface area contributed by atoms with Gasteiger partial charge in [0.2, 0.25) is 5.91 Å². The summed E-state index contributed by atoms with van der Waals surface area (Å²) in [5.41, 5.74) is 2.50. The summed E-state index contributed by atoms with van der Waals surface area (Å²) in [6.45, 7) is 3.66. The number of fused-ring (bicyclic) bond motifs is 4. The lowest BCUT2D eigenvalue weighted by Gasteiger charge is -2.38. The van der Waals surface area contributed by atoms with Crippen LogP contribution in [-0.2, 0) is 4.79 Å². The van der Waals surface area contributed by atoms with Gasteiger partial charge in [-0.15, -0.1) is 0 Å². The zero-order valence-corrected chi connectivity index (χ0v) is 19.4. The first kappa shape index (κ1) is 21.4. The van der Waals surface area contributed by atoms with Gasteiger partial charge in [0.05, 0.1) is 18.3 Å². The van der Waals surface area contributed by atoms with E-state index in [4.69, 9.17) is 9.47 Å². The van der Waals surface area contributed by atoms with Crippen LogP contribution in [0.2, 0.25) is 0 Å². The smallest absolute Gasteiger partial charge is 0.246 e. The lowest BCUT2D eigenvalue weighted by atomic mass is 9.99. The van der Waals surface area contributed by atoms with Crippen molar-refractivity contribution < 1.29 is 14.3 Å². The molecule has 1 amide bonds. The number of methoxy groups -OCH3 is 1. The van der Waals surface area contributed by atoms with Crippen LogP contribution >= 0.6 is 0 Å². The molecule has 6 rings (SSSR count). The normalized spacial score (nSPS) is 21.3. The van der Waals surface area contributed by atoms with Gasteiger partial charge in [0.1, 0.15) is 23.9 Å². The maximum atomic E-state index is 12.3. The maximum absolute atomic E-state index is 12.3. The van der Waals surface area contributed by atoms with E-state index in [2.05, 4.69) is 26.8 Å². The molecule has 0 radical (unpaired) electrons. The number of ether oxygens (including phenoxy) is 2. The molecule has 1 aromatic carbocycles. The van der Waals surface area contributed by atoms with Crippen LogP contribution in [-0.4, -0.2) is 55.5 Å². The Labute approximate surface area is 202 Å². The van der Waals surface area contributed by atoms with Gasteiger partial charge in [0, 0.05) is 55.0 Å². The van der Waals surface area contributed by atoms with E-state index < -0.39 is 0 Å². The van der Waals surface area contributed by atoms with Crippen molar-refractivity contribution in [1.82, 2.24) is 24.3 Å². The molecule has 0 aliphatic carbocycles. The minimum atomic E-state index is -0.00240. The molecule has 2 unspecified atom stereocenters. The molecule has 9 heteroatoms. The topological polar surface area (TPSA) is 93.9 Å². The van der Waals surface area contributed by atoms with Crippen LogP contribution in [0, 0.1) is 0 Å². The van der Waals surface area contributed by atoms with Crippen LogP contribution in [0.15, 0.2) is 61.8 Å². The van der Waals surface area contributed by atoms with E-state index in [1.54, 1.807) is 13.3 Å². The van der Waals surface area contributed by atoms with E-state index in [-0.39, 0.29) is 24.1 Å². The predicted molar refractivity (Wildman–Crippen MR) is 132 cm³/mol. The summed E-state index contributed by atoms with van der Waals surface area (Å²) >= 11 is 0. The highest BCUT2D eigenvalue weighted by molar-refractivity contribution is 5.93. The van der Waals surface area contributed by atoms with E-state index in [0.717, 1.165) is 47.9 Å². The summed E-state index contributed by atoms with van der Waals surface area (Å²) in [5.74, 6) is 1.96. The first-order chi connectivity index (χ1) is 17.1. The largest absolute Gasteiger partial charge is 0.493 e. The summed E-state index contributed by atoms with van der Waals surface area (Å²) in [6, 6.07) is 8.10. The molecule has 3 aromatic heterocycles. The van der Waals surface area contributed by atoms with Crippen LogP contribution in [0.1, 0.15) is 25.7 Å². The molecular formula is C26H26N6O3. The molecule has 0 spiro atoms. The summed E-state index contributed by atoms with van der Waals surface area (Å²) in [4.78, 5) is 27.5. The van der Waals surface area contributed by atoms with Crippen molar-refractivity contribution in [3.8, 4) is 11.5 Å². The fraction of sp³-hybridized carbons (Fsp3) is 0.308. The predicted octanol–water partition coefficient (Wildman–Crippen LogP) is 4.12. The van der Waals surface area contributed by atoms with Gasteiger partial charge < -0.3 is 24.1 Å². The second kappa shape index (κ2) is 8.57. The number of pyridine rings is 1. The molecule has 4 aromatic rings. The molecule has 1 N–H and O–H groups in total. The number of imidazole rings is 1. The van der Waals surface area contributed by atoms with Crippen molar-refractivity contribution in [2.75, 3.05) is 12.4 Å². The number of nitrogens with zero attached hydrogens (tertiary/aromatic N) is 5. The average molecular weight is 471 g/mol. The van der Waals surface area contributed by atoms with Crippen molar-refractivity contribution in [2.24, 2.45) is 0 Å². The minimum absolute atomic E-state index is 0.00240. The van der Waals surface area contributed by atoms with Crippen LogP contribution < -0.4 is 14.8 Å². The molecule has 178 valence electrons. The van der Waals surface area contributed by atoms with Gasteiger partial charge in [-0.05, 0) is 37.1 Å². The summed E-state index contributed by atoms with van der Waals surface area (Å²) in [6.07, 6.45) is 12.2. The molecule has 0 saturated carbocycles. The second-order valence-corrected chi connectivity index (χ2v) is 9.02. The van der Waals surface area contributed by atoms with E-state index >= 15 is 0 Å². The van der Waals surface area contributed by atoms with Crippen LogP contribution in [0.4, 0.5) is 11.5 Å². The lowest BCUT2D eigenvalue weighted by molar-refractivity contribution is -0.131. The van der Waals surface area contributed by atoms with Gasteiger partial charge in [0.25, 0.3) is 0 Å². The van der Waals surface area contributed by atoms with Gasteiger partial charge in [-0.1, -0.05) is 6.58 Å². The first-order valence-corrected chi connectivity index (χ1v) is 11.8. The molecular weight excluding hydrogens is 444 g/mol. The molecule has 2 aliphatic rings. The van der Waals surface area contributed by atoms with Crippen molar-refractivity contribution in [3.05, 3.63) is 61.8 Å². The number of amides is 1. The molecule has 5 heterocycles. The SMILES string of the molecule is C=CC(=O)N1C2CCC1CC(Oc1cc3c(Nc4ccc5nccn5c4)ncnc3cc1OC)C2. The Bertz CT molecular complexity index is 1420. The maximum Gasteiger partial charge on any atom is 0.246 e. The fourth-order valence-electron chi connectivity index (χ4n) is 5.41. The Morgan fingerprint density at radius 2 is 1.97 bits per heavy atom. The average Bonchev–Trinajstić information content (AvgIpc) is 3.45. The number of hydrogen-bond acceptors (Lipinski definition) is 7. The summed E-state index contributed by atoms with van der Waals surface area (Å²) in [5, 5.41) is 4.23. The van der Waals surface area contributed by atoms with E-state index in [9.17, 15) is 4.79 Å². The Kier molecular flexibility index (Phi) is 5.24. The second-order valence-electron chi connectivity index (χ2n) is 9.02. The number of rotatable bonds is 6. The number of carbonyl (C=O) groups excluding carboxylic acids is 1. The highest BCUT2D eigenvalue weighted by Crippen LogP contribution is 2.40. The highest BCUT2D eigenvalue weighted by Gasteiger charge is 2.43. The Morgan fingerprint density at radius 3 is 2.74 bits per heavy atom. The molecule has 2 fully saturated rings. The Balaban J connectivity index is 1.30. The third kappa shape index (κ3) is 3.82. The number of benzene rings is 1. The fourth-order valence-corrected chi connectivity index (χ4v) is 5.41. The van der Waals surface area contributed by atoms with Gasteiger partial charge >= 0.3 is 0 Å². The Morgan fingerprint density at radius 1 is 1.14 bits per heavy atom. The van der Waals surface area contributed by atoms with Crippen molar-refractivity contribution in [1.29, 1.82) is 0 Å². The molecule has 2 aliphatic heterocycles. The molecule has 9 nitrogen and oxygen atoms in total. The molecule has 2 bridgehead atoms. The zero-order chi connectivity index (χ0) is 23.9. The lowest BCUT2D eigenvalue weighted by Crippen LogP contribution is -2.48. The molecule has 35 heavy (non-hydrogen) atoms. The van der Waals surface area contributed by atoms with E-state index in [1.807, 2.05) is 46.0 Å². The van der Waals surface area contributed by atoms with Crippen LogP contribution in [0.25, 0.3) is 16.6 Å². The standard InChI is InChI=1S/C26H26N6O3/c1-3-25(33)32-17-5-6-18(32)11-19(10-17)35-23-12-20-21(13-22(23)34-2)28-15-29-26(20)30-16-4-7-24-27-8-9-31(24)14-16/h3-4,7-9,12-15,17-19H,1,5-6,10-11H2,2H3,(H,28,29,30). The third-order valence-electron chi connectivity index (χ3n) is 6.98. The number of aromatic nitrogens is 4. The molecule has 2 atom stereocenters. The van der Waals surface area contributed by atoms with Crippen LogP contribution in [0.3, 0.4) is 0 Å². The number of piperidine rings is 1. The van der Waals surface area contributed by atoms with Crippen molar-refractivity contribution in [2.45, 2.75) is 43.9 Å². The summed E-state index contributed by atoms with van der Waals surface area (Å²) in [7, 11) is 1.63. The van der Waals surface area contributed by atoms with Crippen molar-refractivity contribution >= 4 is 34.0 Å². The van der Waals surface area contributed by atoms with E-state index in [1.165, 1.54) is 12.4 Å². The summed E-state index contributed by atoms with van der Waals surface area (Å²) < 4.78 is 14.1. The van der Waals surface area contributed by atoms with E-state index in [0.29, 0.717) is 17.3 Å². The molecule has 2 saturated heterocycles. The first-order valence-electron chi connectivity index (χ1n) is 11.8. The number of hydrogen-bond donors (Lipinski definition) is 1. The van der Waals surface area contributed by atoms with Gasteiger partial charge in [-0.2, -0.15) is 0 Å². The minimum Gasteiger partial charge on any atom is -0.493 e. The highest BCUT2D eigenvalue weighted by atomic mass is 16.5. The third-order valence-corrected chi connectivity index (χ3v) is 6.98. The number of carbonyl (C=O) groups is 1. The van der Waals surface area contributed by atoms with Crippen molar-refractivity contribution in [3.63, 3.8) is 0 Å². The quantitative estimate of drug-likeness (QED) is 0.424. The van der Waals surface area contributed by atoms with Gasteiger partial charge in [0.15, 0.2) is 11.5 Å². The van der Waals surface area contributed by atoms with Crippen LogP contribution in [0.5, 0.6) is 11.5 Å². The monoisotopic (exact) mass is 470 g/mol.